The zero-order chi connectivity index (χ0) is 19.3. The minimum absolute atomic E-state index is 0.0219. The van der Waals surface area contributed by atoms with E-state index in [4.69, 9.17) is 5.11 Å². The lowest BCUT2D eigenvalue weighted by molar-refractivity contribution is -0.386. The molecule has 1 aromatic carbocycles. The number of carboxylic acid groups (broad SMARTS) is 1. The van der Waals surface area contributed by atoms with E-state index < -0.39 is 10.9 Å². The monoisotopic (exact) mass is 360 g/mol. The maximum absolute atomic E-state index is 12.1. The van der Waals surface area contributed by atoms with Crippen molar-refractivity contribution in [1.82, 2.24) is 9.78 Å². The Labute approximate surface area is 149 Å². The fourth-order valence-corrected chi connectivity index (χ4v) is 2.66. The summed E-state index contributed by atoms with van der Waals surface area (Å²) in [7, 11) is 0. The highest BCUT2D eigenvalue weighted by molar-refractivity contribution is 5.90. The number of benzene rings is 1. The first-order valence-electron chi connectivity index (χ1n) is 8.07. The number of nitrogens with one attached hydrogen (secondary N) is 1. The van der Waals surface area contributed by atoms with E-state index in [-0.39, 0.29) is 31.0 Å². The molecule has 0 fully saturated rings. The number of nitro groups is 1. The molecule has 0 saturated carbocycles. The summed E-state index contributed by atoms with van der Waals surface area (Å²) in [6.45, 7) is 3.39. The van der Waals surface area contributed by atoms with Crippen molar-refractivity contribution in [3.05, 3.63) is 51.3 Å². The van der Waals surface area contributed by atoms with Gasteiger partial charge in [-0.25, -0.2) is 0 Å². The zero-order valence-corrected chi connectivity index (χ0v) is 14.6. The van der Waals surface area contributed by atoms with Gasteiger partial charge in [0.25, 0.3) is 0 Å². The van der Waals surface area contributed by atoms with Crippen LogP contribution < -0.4 is 5.32 Å². The molecule has 0 aliphatic carbocycles. The van der Waals surface area contributed by atoms with Gasteiger partial charge < -0.3 is 10.4 Å². The second-order valence-corrected chi connectivity index (χ2v) is 5.89. The Morgan fingerprint density at radius 2 is 2.04 bits per heavy atom. The third-order valence-corrected chi connectivity index (χ3v) is 3.91. The molecule has 0 aliphatic heterocycles. The van der Waals surface area contributed by atoms with E-state index in [9.17, 15) is 19.7 Å². The lowest BCUT2D eigenvalue weighted by Crippen LogP contribution is -2.15. The molecule has 0 atom stereocenters. The Morgan fingerprint density at radius 1 is 1.31 bits per heavy atom. The summed E-state index contributed by atoms with van der Waals surface area (Å²) < 4.78 is 1.45. The predicted molar refractivity (Wildman–Crippen MR) is 94.0 cm³/mol. The van der Waals surface area contributed by atoms with Crippen molar-refractivity contribution < 1.29 is 19.6 Å². The molecule has 1 aromatic heterocycles. The molecule has 9 nitrogen and oxygen atoms in total. The standard InChI is InChI=1S/C17H20N4O5/c1-11-17(21(25)26)12(2)20(19-11)9-8-15(22)18-14-5-3-4-13(10-14)6-7-16(23)24/h3-5,10H,6-9H2,1-2H3,(H,18,22)(H,23,24). The molecule has 2 aromatic rings. The highest BCUT2D eigenvalue weighted by Gasteiger charge is 2.21. The van der Waals surface area contributed by atoms with E-state index in [0.717, 1.165) is 5.56 Å². The molecule has 26 heavy (non-hydrogen) atoms. The van der Waals surface area contributed by atoms with E-state index in [0.29, 0.717) is 23.5 Å². The first-order chi connectivity index (χ1) is 12.3. The van der Waals surface area contributed by atoms with Gasteiger partial charge in [-0.1, -0.05) is 12.1 Å². The fraction of sp³-hybridized carbons (Fsp3) is 0.353. The van der Waals surface area contributed by atoms with Crippen molar-refractivity contribution in [3.8, 4) is 0 Å². The van der Waals surface area contributed by atoms with Crippen LogP contribution in [0.2, 0.25) is 0 Å². The number of amides is 1. The number of aliphatic carboxylic acids is 1. The van der Waals surface area contributed by atoms with Crippen LogP contribution in [0, 0.1) is 24.0 Å². The van der Waals surface area contributed by atoms with Gasteiger partial charge in [-0.3, -0.25) is 24.4 Å². The molecule has 1 heterocycles. The molecule has 1 amide bonds. The summed E-state index contributed by atoms with van der Waals surface area (Å²) in [5.74, 6) is -1.13. The van der Waals surface area contributed by atoms with Crippen LogP contribution in [-0.4, -0.2) is 31.7 Å². The average molecular weight is 360 g/mol. The Morgan fingerprint density at radius 3 is 2.65 bits per heavy atom. The van der Waals surface area contributed by atoms with Gasteiger partial charge >= 0.3 is 11.7 Å². The lowest BCUT2D eigenvalue weighted by atomic mass is 10.1. The van der Waals surface area contributed by atoms with E-state index in [1.165, 1.54) is 4.68 Å². The van der Waals surface area contributed by atoms with Crippen LogP contribution in [-0.2, 0) is 22.6 Å². The molecule has 0 unspecified atom stereocenters. The SMILES string of the molecule is Cc1nn(CCC(=O)Nc2cccc(CCC(=O)O)c2)c(C)c1[N+](=O)[O-]. The van der Waals surface area contributed by atoms with Crippen LogP contribution >= 0.6 is 0 Å². The normalized spacial score (nSPS) is 10.5. The molecule has 0 aliphatic rings. The summed E-state index contributed by atoms with van der Waals surface area (Å²) in [6.07, 6.45) is 0.515. The van der Waals surface area contributed by atoms with Gasteiger partial charge in [0.05, 0.1) is 11.5 Å². The van der Waals surface area contributed by atoms with Gasteiger partial charge in [0.2, 0.25) is 5.91 Å². The lowest BCUT2D eigenvalue weighted by Gasteiger charge is -2.08. The number of carboxylic acids is 1. The third kappa shape index (κ3) is 4.88. The molecule has 2 N–H and O–H groups in total. The second kappa shape index (κ2) is 8.24. The van der Waals surface area contributed by atoms with Crippen LogP contribution in [0.5, 0.6) is 0 Å². The molecule has 9 heteroatoms. The van der Waals surface area contributed by atoms with Crippen LogP contribution in [0.1, 0.15) is 29.8 Å². The van der Waals surface area contributed by atoms with Gasteiger partial charge in [0.15, 0.2) is 0 Å². The smallest absolute Gasteiger partial charge is 0.312 e. The number of hydrogen-bond donors (Lipinski definition) is 2. The van der Waals surface area contributed by atoms with Gasteiger partial charge in [-0.05, 0) is 38.0 Å². The third-order valence-electron chi connectivity index (χ3n) is 3.91. The molecule has 2 rings (SSSR count). The van der Waals surface area contributed by atoms with Crippen LogP contribution in [0.25, 0.3) is 0 Å². The Kier molecular flexibility index (Phi) is 6.05. The van der Waals surface area contributed by atoms with Crippen molar-refractivity contribution in [2.45, 2.75) is 39.7 Å². The number of hydrogen-bond acceptors (Lipinski definition) is 5. The van der Waals surface area contributed by atoms with Crippen molar-refractivity contribution in [2.75, 3.05) is 5.32 Å². The molecule has 0 saturated heterocycles. The van der Waals surface area contributed by atoms with Crippen molar-refractivity contribution in [3.63, 3.8) is 0 Å². The number of carbonyl (C=O) groups is 2. The van der Waals surface area contributed by atoms with E-state index in [1.54, 1.807) is 38.1 Å². The van der Waals surface area contributed by atoms with Crippen LogP contribution in [0.15, 0.2) is 24.3 Å². The van der Waals surface area contributed by atoms with Gasteiger partial charge in [-0.2, -0.15) is 5.10 Å². The predicted octanol–water partition coefficient (Wildman–Crippen LogP) is 2.45. The topological polar surface area (TPSA) is 127 Å². The summed E-state index contributed by atoms with van der Waals surface area (Å²) in [6, 6.07) is 7.00. The van der Waals surface area contributed by atoms with Crippen molar-refractivity contribution in [1.29, 1.82) is 0 Å². The Bertz CT molecular complexity index is 844. The van der Waals surface area contributed by atoms with Crippen LogP contribution in [0.4, 0.5) is 11.4 Å². The maximum atomic E-state index is 12.1. The summed E-state index contributed by atoms with van der Waals surface area (Å²) >= 11 is 0. The molecule has 0 bridgehead atoms. The highest BCUT2D eigenvalue weighted by atomic mass is 16.6. The summed E-state index contributed by atoms with van der Waals surface area (Å²) in [5, 5.41) is 26.6. The second-order valence-electron chi connectivity index (χ2n) is 5.89. The maximum Gasteiger partial charge on any atom is 0.312 e. The molecular weight excluding hydrogens is 340 g/mol. The number of aromatic nitrogens is 2. The van der Waals surface area contributed by atoms with Crippen molar-refractivity contribution in [2.24, 2.45) is 0 Å². The van der Waals surface area contributed by atoms with Crippen molar-refractivity contribution >= 4 is 23.3 Å². The number of aryl methyl sites for hydroxylation is 3. The minimum atomic E-state index is -0.876. The molecule has 138 valence electrons. The average Bonchev–Trinajstić information content (AvgIpc) is 2.85. The summed E-state index contributed by atoms with van der Waals surface area (Å²) in [4.78, 5) is 33.3. The zero-order valence-electron chi connectivity index (χ0n) is 14.6. The summed E-state index contributed by atoms with van der Waals surface area (Å²) in [5.41, 5.74) is 2.10. The highest BCUT2D eigenvalue weighted by Crippen LogP contribution is 2.22. The largest absolute Gasteiger partial charge is 0.481 e. The first-order valence-corrected chi connectivity index (χ1v) is 8.07. The Balaban J connectivity index is 1.95. The molecular formula is C17H20N4O5. The quantitative estimate of drug-likeness (QED) is 0.550. The molecule has 0 spiro atoms. The number of anilines is 1. The van der Waals surface area contributed by atoms with E-state index in [2.05, 4.69) is 10.4 Å². The fourth-order valence-electron chi connectivity index (χ4n) is 2.66. The van der Waals surface area contributed by atoms with E-state index >= 15 is 0 Å². The number of rotatable bonds is 8. The van der Waals surface area contributed by atoms with Gasteiger partial charge in [0, 0.05) is 18.5 Å². The number of carbonyl (C=O) groups excluding carboxylic acids is 1. The van der Waals surface area contributed by atoms with Gasteiger partial charge in [-0.15, -0.1) is 0 Å². The van der Waals surface area contributed by atoms with E-state index in [1.807, 2.05) is 0 Å². The van der Waals surface area contributed by atoms with Gasteiger partial charge in [0.1, 0.15) is 11.4 Å². The Hall–Kier alpha value is -3.23. The minimum Gasteiger partial charge on any atom is -0.481 e. The molecule has 0 radical (unpaired) electrons. The van der Waals surface area contributed by atoms with Crippen LogP contribution in [0.3, 0.4) is 0 Å². The first kappa shape index (κ1) is 19.1. The number of nitrogens with zero attached hydrogens (tertiary/aromatic N) is 3.